The minimum Gasteiger partial charge on any atom is -0.389 e. The van der Waals surface area contributed by atoms with Gasteiger partial charge in [-0.3, -0.25) is 0 Å². The molecule has 0 atom stereocenters. The summed E-state index contributed by atoms with van der Waals surface area (Å²) in [5.41, 5.74) is 2.13. The predicted octanol–water partition coefficient (Wildman–Crippen LogP) is 3.52. The van der Waals surface area contributed by atoms with E-state index in [4.69, 9.17) is 5.11 Å². The van der Waals surface area contributed by atoms with Crippen LogP contribution in [-0.2, 0) is 6.61 Å². The van der Waals surface area contributed by atoms with Crippen LogP contribution in [0.1, 0.15) is 5.01 Å². The molecule has 3 rings (SSSR count). The molecule has 1 aromatic carbocycles. The summed E-state index contributed by atoms with van der Waals surface area (Å²) in [6.45, 7) is 0.0206. The highest BCUT2D eigenvalue weighted by Crippen LogP contribution is 2.34. The number of fused-ring (bicyclic) bond motifs is 1. The van der Waals surface area contributed by atoms with Crippen molar-refractivity contribution in [2.75, 3.05) is 0 Å². The second-order valence-corrected chi connectivity index (χ2v) is 5.28. The van der Waals surface area contributed by atoms with Crippen LogP contribution in [0.4, 0.5) is 0 Å². The molecular formula is C12H9NOS2. The molecule has 0 unspecified atom stereocenters. The molecule has 2 nitrogen and oxygen atoms in total. The second kappa shape index (κ2) is 3.97. The van der Waals surface area contributed by atoms with Gasteiger partial charge in [-0.25, -0.2) is 4.98 Å². The van der Waals surface area contributed by atoms with Crippen molar-refractivity contribution in [3.63, 3.8) is 0 Å². The molecule has 0 saturated heterocycles. The smallest absolute Gasteiger partial charge is 0.119 e. The van der Waals surface area contributed by atoms with Gasteiger partial charge in [0.15, 0.2) is 0 Å². The summed E-state index contributed by atoms with van der Waals surface area (Å²) in [6, 6.07) is 8.31. The highest BCUT2D eigenvalue weighted by atomic mass is 32.1. The number of thiophene rings is 1. The monoisotopic (exact) mass is 247 g/mol. The molecule has 3 aromatic rings. The number of nitrogens with zero attached hydrogens (tertiary/aromatic N) is 1. The number of aliphatic hydroxyl groups is 1. The Hall–Kier alpha value is -1.23. The van der Waals surface area contributed by atoms with E-state index in [0.717, 1.165) is 16.3 Å². The van der Waals surface area contributed by atoms with Crippen LogP contribution in [0, 0.1) is 0 Å². The summed E-state index contributed by atoms with van der Waals surface area (Å²) >= 11 is 3.23. The van der Waals surface area contributed by atoms with Crippen LogP contribution in [0.2, 0.25) is 0 Å². The third-order valence-corrected chi connectivity index (χ3v) is 4.24. The minimum atomic E-state index is 0.0206. The topological polar surface area (TPSA) is 33.1 Å². The van der Waals surface area contributed by atoms with Crippen molar-refractivity contribution in [1.82, 2.24) is 4.98 Å². The summed E-state index contributed by atoms with van der Waals surface area (Å²) in [7, 11) is 0. The van der Waals surface area contributed by atoms with Crippen LogP contribution in [0.15, 0.2) is 35.0 Å². The molecule has 2 heterocycles. The molecule has 0 aliphatic heterocycles. The first kappa shape index (κ1) is 9.96. The van der Waals surface area contributed by atoms with Gasteiger partial charge in [-0.1, -0.05) is 18.2 Å². The molecule has 0 radical (unpaired) electrons. The summed E-state index contributed by atoms with van der Waals surface area (Å²) in [6.07, 6.45) is 0. The highest BCUT2D eigenvalue weighted by Gasteiger charge is 2.09. The quantitative estimate of drug-likeness (QED) is 0.751. The molecule has 4 heteroatoms. The Kier molecular flexibility index (Phi) is 2.47. The lowest BCUT2D eigenvalue weighted by molar-refractivity contribution is 0.281. The van der Waals surface area contributed by atoms with Crippen molar-refractivity contribution >= 4 is 32.8 Å². The third-order valence-electron chi connectivity index (χ3n) is 2.44. The normalized spacial score (nSPS) is 11.1. The Labute approximate surface area is 101 Å². The fourth-order valence-electron chi connectivity index (χ4n) is 1.68. The number of benzene rings is 1. The fraction of sp³-hybridized carbons (Fsp3) is 0.0833. The summed E-state index contributed by atoms with van der Waals surface area (Å²) < 4.78 is 1.27. The van der Waals surface area contributed by atoms with Crippen LogP contribution in [-0.4, -0.2) is 10.1 Å². The zero-order valence-corrected chi connectivity index (χ0v) is 10.0. The number of rotatable bonds is 2. The Morgan fingerprint density at radius 2 is 2.00 bits per heavy atom. The average molecular weight is 247 g/mol. The summed E-state index contributed by atoms with van der Waals surface area (Å²) in [5.74, 6) is 0. The molecule has 0 amide bonds. The van der Waals surface area contributed by atoms with E-state index in [1.54, 1.807) is 11.3 Å². The Bertz CT molecular complexity index is 627. The molecule has 0 spiro atoms. The Balaban J connectivity index is 2.18. The largest absolute Gasteiger partial charge is 0.389 e. The third kappa shape index (κ3) is 1.55. The predicted molar refractivity (Wildman–Crippen MR) is 68.9 cm³/mol. The number of hydrogen-bond acceptors (Lipinski definition) is 4. The Morgan fingerprint density at radius 3 is 2.81 bits per heavy atom. The lowest BCUT2D eigenvalue weighted by Gasteiger charge is -1.93. The van der Waals surface area contributed by atoms with E-state index in [-0.39, 0.29) is 6.61 Å². The molecular weight excluding hydrogens is 238 g/mol. The van der Waals surface area contributed by atoms with E-state index in [0.29, 0.717) is 0 Å². The van der Waals surface area contributed by atoms with Crippen molar-refractivity contribution in [3.05, 3.63) is 40.0 Å². The van der Waals surface area contributed by atoms with Gasteiger partial charge in [0.05, 0.1) is 12.3 Å². The first-order valence-corrected chi connectivity index (χ1v) is 6.66. The zero-order chi connectivity index (χ0) is 11.0. The molecule has 2 aromatic heterocycles. The van der Waals surface area contributed by atoms with Crippen molar-refractivity contribution < 1.29 is 5.11 Å². The van der Waals surface area contributed by atoms with Crippen molar-refractivity contribution in [1.29, 1.82) is 0 Å². The van der Waals surface area contributed by atoms with Gasteiger partial charge in [0, 0.05) is 26.4 Å². The summed E-state index contributed by atoms with van der Waals surface area (Å²) in [5, 5.41) is 15.1. The van der Waals surface area contributed by atoms with Gasteiger partial charge in [-0.05, 0) is 6.07 Å². The average Bonchev–Trinajstić information content (AvgIpc) is 2.94. The number of aromatic nitrogens is 1. The zero-order valence-electron chi connectivity index (χ0n) is 8.38. The minimum absolute atomic E-state index is 0.0206. The Morgan fingerprint density at radius 1 is 1.12 bits per heavy atom. The van der Waals surface area contributed by atoms with Gasteiger partial charge in [0.25, 0.3) is 0 Å². The van der Waals surface area contributed by atoms with Crippen LogP contribution < -0.4 is 0 Å². The fourth-order valence-corrected chi connectivity index (χ4v) is 3.29. The van der Waals surface area contributed by atoms with Gasteiger partial charge < -0.3 is 5.11 Å². The van der Waals surface area contributed by atoms with Gasteiger partial charge >= 0.3 is 0 Å². The number of thiazole rings is 1. The maximum atomic E-state index is 9.01. The van der Waals surface area contributed by atoms with Crippen molar-refractivity contribution in [2.24, 2.45) is 0 Å². The molecule has 0 aliphatic rings. The van der Waals surface area contributed by atoms with E-state index in [9.17, 15) is 0 Å². The van der Waals surface area contributed by atoms with Gasteiger partial charge in [-0.15, -0.1) is 22.7 Å². The van der Waals surface area contributed by atoms with Crippen LogP contribution >= 0.6 is 22.7 Å². The standard InChI is InChI=1S/C12H9NOS2/c14-5-12-13-10(7-16-12)9-6-15-11-4-2-1-3-8(9)11/h1-4,6-7,14H,5H2. The maximum absolute atomic E-state index is 9.01. The first-order valence-electron chi connectivity index (χ1n) is 4.90. The lowest BCUT2D eigenvalue weighted by Crippen LogP contribution is -1.80. The molecule has 0 aliphatic carbocycles. The highest BCUT2D eigenvalue weighted by molar-refractivity contribution is 7.17. The SMILES string of the molecule is OCc1nc(-c2csc3ccccc23)cs1. The van der Waals surface area contributed by atoms with E-state index in [1.807, 2.05) is 17.5 Å². The molecule has 1 N–H and O–H groups in total. The van der Waals surface area contributed by atoms with Crippen LogP contribution in [0.5, 0.6) is 0 Å². The van der Waals surface area contributed by atoms with Gasteiger partial charge in [0.1, 0.15) is 5.01 Å². The molecule has 0 bridgehead atoms. The lowest BCUT2D eigenvalue weighted by atomic mass is 10.1. The summed E-state index contributed by atoms with van der Waals surface area (Å²) in [4.78, 5) is 4.40. The molecule has 0 saturated carbocycles. The van der Waals surface area contributed by atoms with E-state index >= 15 is 0 Å². The van der Waals surface area contributed by atoms with Crippen molar-refractivity contribution in [2.45, 2.75) is 6.61 Å². The van der Waals surface area contributed by atoms with E-state index in [1.165, 1.54) is 21.4 Å². The van der Waals surface area contributed by atoms with E-state index < -0.39 is 0 Å². The van der Waals surface area contributed by atoms with Gasteiger partial charge in [0.2, 0.25) is 0 Å². The second-order valence-electron chi connectivity index (χ2n) is 3.43. The first-order chi connectivity index (χ1) is 7.88. The maximum Gasteiger partial charge on any atom is 0.119 e. The number of aliphatic hydroxyl groups excluding tert-OH is 1. The van der Waals surface area contributed by atoms with E-state index in [2.05, 4.69) is 22.5 Å². The number of hydrogen-bond donors (Lipinski definition) is 1. The van der Waals surface area contributed by atoms with Crippen LogP contribution in [0.25, 0.3) is 21.3 Å². The van der Waals surface area contributed by atoms with Gasteiger partial charge in [-0.2, -0.15) is 0 Å². The van der Waals surface area contributed by atoms with Crippen molar-refractivity contribution in [3.8, 4) is 11.3 Å². The molecule has 80 valence electrons. The molecule has 0 fully saturated rings. The van der Waals surface area contributed by atoms with Crippen LogP contribution in [0.3, 0.4) is 0 Å². The molecule has 16 heavy (non-hydrogen) atoms.